The number of rotatable bonds is 6. The van der Waals surface area contributed by atoms with Crippen molar-refractivity contribution in [2.45, 2.75) is 51.3 Å². The third-order valence-corrected chi connectivity index (χ3v) is 3.89. The Morgan fingerprint density at radius 2 is 2.25 bits per heavy atom. The summed E-state index contributed by atoms with van der Waals surface area (Å²) in [6.45, 7) is 3.03. The predicted octanol–water partition coefficient (Wildman–Crippen LogP) is 1.32. The quantitative estimate of drug-likeness (QED) is 0.606. The van der Waals surface area contributed by atoms with E-state index >= 15 is 0 Å². The number of aliphatic hydroxyl groups excluding tert-OH is 1. The fourth-order valence-electron chi connectivity index (χ4n) is 2.59. The fraction of sp³-hybridized carbons (Fsp3) is 0.769. The molecule has 0 aliphatic heterocycles. The van der Waals surface area contributed by atoms with Gasteiger partial charge in [0.25, 0.3) is 0 Å². The molecule has 0 spiro atoms. The third-order valence-electron chi connectivity index (χ3n) is 3.89. The molecule has 0 radical (unpaired) electrons. The van der Waals surface area contributed by atoms with E-state index in [1.54, 1.807) is 0 Å². The zero-order chi connectivity index (χ0) is 14.5. The molecule has 1 aliphatic carbocycles. The van der Waals surface area contributed by atoms with Gasteiger partial charge in [-0.1, -0.05) is 6.92 Å². The lowest BCUT2D eigenvalue weighted by Crippen LogP contribution is -2.39. The molecule has 1 saturated carbocycles. The van der Waals surface area contributed by atoms with Gasteiger partial charge in [-0.3, -0.25) is 14.8 Å². The van der Waals surface area contributed by atoms with Gasteiger partial charge in [-0.15, -0.1) is 0 Å². The second-order valence-electron chi connectivity index (χ2n) is 5.70. The zero-order valence-corrected chi connectivity index (χ0v) is 11.7. The smallest absolute Gasteiger partial charge is 0.306 e. The van der Waals surface area contributed by atoms with Crippen molar-refractivity contribution < 1.29 is 10.0 Å². The standard InChI is InChI=1S/C13H22N4O3/c1-10-2-4-11(5-3-10)14-7-13(18)9-16-8-12(6-15-16)17(19)20/h6,8,10-11,13-14,18H,2-5,7,9H2,1H3. The molecule has 2 N–H and O–H groups in total. The van der Waals surface area contributed by atoms with Gasteiger partial charge in [0, 0.05) is 12.6 Å². The molecule has 20 heavy (non-hydrogen) atoms. The van der Waals surface area contributed by atoms with Crippen LogP contribution in [0.3, 0.4) is 0 Å². The molecule has 1 atom stereocenters. The van der Waals surface area contributed by atoms with Gasteiger partial charge in [0.15, 0.2) is 0 Å². The molecule has 7 heteroatoms. The van der Waals surface area contributed by atoms with Crippen LogP contribution in [0, 0.1) is 16.0 Å². The molecule has 1 aromatic rings. The Balaban J connectivity index is 1.72. The van der Waals surface area contributed by atoms with Crippen molar-refractivity contribution in [2.24, 2.45) is 5.92 Å². The Hall–Kier alpha value is -1.47. The molecule has 0 amide bonds. The van der Waals surface area contributed by atoms with Crippen LogP contribution in [0.2, 0.25) is 0 Å². The van der Waals surface area contributed by atoms with E-state index in [4.69, 9.17) is 0 Å². The first-order valence-corrected chi connectivity index (χ1v) is 7.13. The Bertz CT molecular complexity index is 441. The first kappa shape index (κ1) is 14.9. The second-order valence-corrected chi connectivity index (χ2v) is 5.70. The molecular formula is C13H22N4O3. The summed E-state index contributed by atoms with van der Waals surface area (Å²) in [6, 6.07) is 0.479. The fourth-order valence-corrected chi connectivity index (χ4v) is 2.59. The SMILES string of the molecule is CC1CCC(NCC(O)Cn2cc([N+](=O)[O-])cn2)CC1. The van der Waals surface area contributed by atoms with Gasteiger partial charge in [-0.25, -0.2) is 0 Å². The maximum atomic E-state index is 10.5. The number of nitrogens with zero attached hydrogens (tertiary/aromatic N) is 3. The highest BCUT2D eigenvalue weighted by molar-refractivity contribution is 5.20. The summed E-state index contributed by atoms with van der Waals surface area (Å²) < 4.78 is 1.41. The summed E-state index contributed by atoms with van der Waals surface area (Å²) in [4.78, 5) is 10.0. The van der Waals surface area contributed by atoms with Crippen LogP contribution in [-0.4, -0.2) is 38.5 Å². The zero-order valence-electron chi connectivity index (χ0n) is 11.7. The lowest BCUT2D eigenvalue weighted by Gasteiger charge is -2.27. The van der Waals surface area contributed by atoms with E-state index < -0.39 is 11.0 Å². The minimum atomic E-state index is -0.589. The summed E-state index contributed by atoms with van der Waals surface area (Å²) in [5.41, 5.74) is -0.0496. The van der Waals surface area contributed by atoms with Crippen LogP contribution < -0.4 is 5.32 Å². The van der Waals surface area contributed by atoms with Crippen LogP contribution in [0.1, 0.15) is 32.6 Å². The van der Waals surface area contributed by atoms with E-state index in [0.29, 0.717) is 12.6 Å². The van der Waals surface area contributed by atoms with Crippen molar-refractivity contribution in [3.8, 4) is 0 Å². The van der Waals surface area contributed by atoms with E-state index in [9.17, 15) is 15.2 Å². The maximum Gasteiger partial charge on any atom is 0.306 e. The molecule has 1 aromatic heterocycles. The number of nitrogens with one attached hydrogen (secondary N) is 1. The molecule has 1 aliphatic rings. The molecular weight excluding hydrogens is 260 g/mol. The lowest BCUT2D eigenvalue weighted by molar-refractivity contribution is -0.385. The highest BCUT2D eigenvalue weighted by Crippen LogP contribution is 2.23. The van der Waals surface area contributed by atoms with E-state index in [1.165, 1.54) is 29.9 Å². The minimum Gasteiger partial charge on any atom is -0.390 e. The molecule has 112 valence electrons. The average Bonchev–Trinajstić information content (AvgIpc) is 2.87. The van der Waals surface area contributed by atoms with Crippen LogP contribution >= 0.6 is 0 Å². The number of hydrogen-bond acceptors (Lipinski definition) is 5. The Morgan fingerprint density at radius 3 is 2.85 bits per heavy atom. The van der Waals surface area contributed by atoms with Crippen molar-refractivity contribution in [3.05, 3.63) is 22.5 Å². The number of nitro groups is 1. The van der Waals surface area contributed by atoms with E-state index in [1.807, 2.05) is 0 Å². The molecule has 0 aromatic carbocycles. The molecule has 2 rings (SSSR count). The van der Waals surface area contributed by atoms with Crippen molar-refractivity contribution >= 4 is 5.69 Å². The molecule has 7 nitrogen and oxygen atoms in total. The van der Waals surface area contributed by atoms with Gasteiger partial charge in [0.05, 0.1) is 17.6 Å². The van der Waals surface area contributed by atoms with Crippen molar-refractivity contribution in [3.63, 3.8) is 0 Å². The summed E-state index contributed by atoms with van der Waals surface area (Å²) in [7, 11) is 0. The third kappa shape index (κ3) is 4.28. The predicted molar refractivity (Wildman–Crippen MR) is 74.3 cm³/mol. The van der Waals surface area contributed by atoms with Crippen LogP contribution in [0.25, 0.3) is 0 Å². The monoisotopic (exact) mass is 282 g/mol. The Morgan fingerprint density at radius 1 is 1.55 bits per heavy atom. The van der Waals surface area contributed by atoms with E-state index in [2.05, 4.69) is 17.3 Å². The lowest BCUT2D eigenvalue weighted by atomic mass is 9.87. The number of hydrogen-bond donors (Lipinski definition) is 2. The summed E-state index contributed by atoms with van der Waals surface area (Å²) >= 11 is 0. The van der Waals surface area contributed by atoms with E-state index in [0.717, 1.165) is 18.8 Å². The summed E-state index contributed by atoms with van der Waals surface area (Å²) in [5.74, 6) is 0.808. The van der Waals surface area contributed by atoms with E-state index in [-0.39, 0.29) is 12.2 Å². The molecule has 0 bridgehead atoms. The topological polar surface area (TPSA) is 93.2 Å². The first-order valence-electron chi connectivity index (χ1n) is 7.13. The molecule has 1 unspecified atom stereocenters. The van der Waals surface area contributed by atoms with Crippen LogP contribution in [0.15, 0.2) is 12.4 Å². The summed E-state index contributed by atoms with van der Waals surface area (Å²) in [6.07, 6.45) is 6.73. The largest absolute Gasteiger partial charge is 0.390 e. The number of aliphatic hydroxyl groups is 1. The van der Waals surface area contributed by atoms with Crippen molar-refractivity contribution in [2.75, 3.05) is 6.54 Å². The van der Waals surface area contributed by atoms with Gasteiger partial charge in [-0.05, 0) is 31.6 Å². The van der Waals surface area contributed by atoms with Crippen molar-refractivity contribution in [1.82, 2.24) is 15.1 Å². The highest BCUT2D eigenvalue weighted by atomic mass is 16.6. The minimum absolute atomic E-state index is 0.0496. The molecule has 1 heterocycles. The average molecular weight is 282 g/mol. The van der Waals surface area contributed by atoms with Crippen molar-refractivity contribution in [1.29, 1.82) is 0 Å². The second kappa shape index (κ2) is 6.81. The Labute approximate surface area is 118 Å². The maximum absolute atomic E-state index is 10.5. The molecule has 1 fully saturated rings. The van der Waals surface area contributed by atoms with Crippen LogP contribution in [0.5, 0.6) is 0 Å². The van der Waals surface area contributed by atoms with Crippen LogP contribution in [-0.2, 0) is 6.54 Å². The van der Waals surface area contributed by atoms with Gasteiger partial charge in [0.1, 0.15) is 12.4 Å². The first-order chi connectivity index (χ1) is 9.54. The molecule has 0 saturated heterocycles. The normalized spacial score (nSPS) is 24.5. The van der Waals surface area contributed by atoms with Crippen LogP contribution in [0.4, 0.5) is 5.69 Å². The van der Waals surface area contributed by atoms with Gasteiger partial charge in [-0.2, -0.15) is 5.10 Å². The highest BCUT2D eigenvalue weighted by Gasteiger charge is 2.19. The summed E-state index contributed by atoms with van der Waals surface area (Å²) in [5, 5.41) is 27.7. The van der Waals surface area contributed by atoms with Gasteiger partial charge >= 0.3 is 5.69 Å². The van der Waals surface area contributed by atoms with Gasteiger partial charge in [0.2, 0.25) is 0 Å². The Kier molecular flexibility index (Phi) is 5.08. The van der Waals surface area contributed by atoms with Gasteiger partial charge < -0.3 is 10.4 Å². The number of aromatic nitrogens is 2.